The summed E-state index contributed by atoms with van der Waals surface area (Å²) in [5.74, 6) is 0.499. The first-order valence-electron chi connectivity index (χ1n) is 5.89. The number of halogens is 3. The van der Waals surface area contributed by atoms with Gasteiger partial charge in [-0.3, -0.25) is 0 Å². The van der Waals surface area contributed by atoms with Crippen LogP contribution in [0.3, 0.4) is 0 Å². The van der Waals surface area contributed by atoms with Crippen LogP contribution in [0.4, 0.5) is 13.2 Å². The average Bonchev–Trinajstić information content (AvgIpc) is 2.84. The molecule has 1 aromatic heterocycles. The standard InChI is InChI=1S/C13H9F3N2O2/c14-13(15,16)10-6-9(17-12(19)18-10)8-3-1-2-7-4-5-20-11(7)8/h1-3,6H,4-5H2,(H,17,18,19). The Kier molecular flexibility index (Phi) is 2.77. The molecule has 7 heteroatoms. The van der Waals surface area contributed by atoms with Crippen LogP contribution in [0.5, 0.6) is 5.75 Å². The third-order valence-corrected chi connectivity index (χ3v) is 3.04. The first-order chi connectivity index (χ1) is 9.45. The number of fused-ring (bicyclic) bond motifs is 1. The van der Waals surface area contributed by atoms with Crippen LogP contribution < -0.4 is 10.4 Å². The van der Waals surface area contributed by atoms with E-state index in [9.17, 15) is 18.0 Å². The molecular weight excluding hydrogens is 273 g/mol. The van der Waals surface area contributed by atoms with Crippen molar-refractivity contribution in [2.75, 3.05) is 6.61 Å². The molecule has 2 aromatic rings. The second-order valence-corrected chi connectivity index (χ2v) is 4.38. The van der Waals surface area contributed by atoms with Crippen molar-refractivity contribution in [3.63, 3.8) is 0 Å². The van der Waals surface area contributed by atoms with Crippen molar-refractivity contribution in [2.24, 2.45) is 0 Å². The van der Waals surface area contributed by atoms with E-state index in [-0.39, 0.29) is 5.69 Å². The molecule has 1 aliphatic heterocycles. The maximum absolute atomic E-state index is 12.7. The van der Waals surface area contributed by atoms with E-state index in [2.05, 4.69) is 4.98 Å². The van der Waals surface area contributed by atoms with Crippen LogP contribution in [-0.2, 0) is 12.6 Å². The van der Waals surface area contributed by atoms with Gasteiger partial charge in [-0.2, -0.15) is 18.2 Å². The second-order valence-electron chi connectivity index (χ2n) is 4.38. The van der Waals surface area contributed by atoms with Gasteiger partial charge < -0.3 is 9.72 Å². The Bertz CT molecular complexity index is 722. The molecule has 0 saturated heterocycles. The van der Waals surface area contributed by atoms with E-state index < -0.39 is 17.6 Å². The van der Waals surface area contributed by atoms with Crippen LogP contribution in [0.2, 0.25) is 0 Å². The number of aromatic amines is 1. The highest BCUT2D eigenvalue weighted by Crippen LogP contribution is 2.37. The van der Waals surface area contributed by atoms with Crippen LogP contribution >= 0.6 is 0 Å². The van der Waals surface area contributed by atoms with Gasteiger partial charge in [0.15, 0.2) is 0 Å². The summed E-state index contributed by atoms with van der Waals surface area (Å²) >= 11 is 0. The number of ether oxygens (including phenoxy) is 1. The lowest BCUT2D eigenvalue weighted by molar-refractivity contribution is -0.141. The summed E-state index contributed by atoms with van der Waals surface area (Å²) in [7, 11) is 0. The predicted molar refractivity (Wildman–Crippen MR) is 64.5 cm³/mol. The van der Waals surface area contributed by atoms with Gasteiger partial charge in [0.2, 0.25) is 0 Å². The van der Waals surface area contributed by atoms with E-state index in [1.165, 1.54) is 0 Å². The van der Waals surface area contributed by atoms with E-state index in [0.29, 0.717) is 24.3 Å². The highest BCUT2D eigenvalue weighted by atomic mass is 19.4. The molecule has 20 heavy (non-hydrogen) atoms. The Morgan fingerprint density at radius 2 is 2.10 bits per heavy atom. The topological polar surface area (TPSA) is 55.0 Å². The van der Waals surface area contributed by atoms with Gasteiger partial charge in [-0.05, 0) is 17.7 Å². The maximum Gasteiger partial charge on any atom is 0.431 e. The van der Waals surface area contributed by atoms with Gasteiger partial charge in [0, 0.05) is 12.0 Å². The van der Waals surface area contributed by atoms with Gasteiger partial charge in [0.05, 0.1) is 12.3 Å². The van der Waals surface area contributed by atoms with Gasteiger partial charge in [0.1, 0.15) is 11.4 Å². The molecule has 0 radical (unpaired) electrons. The Labute approximate surface area is 111 Å². The minimum absolute atomic E-state index is 0.0418. The summed E-state index contributed by atoms with van der Waals surface area (Å²) in [6.45, 7) is 0.474. The smallest absolute Gasteiger partial charge is 0.431 e. The van der Waals surface area contributed by atoms with Gasteiger partial charge in [-0.1, -0.05) is 12.1 Å². The lowest BCUT2D eigenvalue weighted by Gasteiger charge is -2.10. The molecule has 4 nitrogen and oxygen atoms in total. The summed E-state index contributed by atoms with van der Waals surface area (Å²) in [4.78, 5) is 16.6. The number of aromatic nitrogens is 2. The molecule has 1 aliphatic rings. The van der Waals surface area contributed by atoms with Crippen LogP contribution in [0.1, 0.15) is 11.3 Å². The van der Waals surface area contributed by atoms with Crippen LogP contribution in [0.15, 0.2) is 29.1 Å². The summed E-state index contributed by atoms with van der Waals surface area (Å²) in [5.41, 5.74) is -0.900. The van der Waals surface area contributed by atoms with Gasteiger partial charge >= 0.3 is 11.9 Å². The number of alkyl halides is 3. The van der Waals surface area contributed by atoms with Crippen molar-refractivity contribution in [1.29, 1.82) is 0 Å². The molecule has 0 bridgehead atoms. The zero-order valence-electron chi connectivity index (χ0n) is 10.1. The SMILES string of the molecule is O=c1nc(-c2cccc3c2OCC3)cc(C(F)(F)F)[nH]1. The number of nitrogens with one attached hydrogen (secondary N) is 1. The quantitative estimate of drug-likeness (QED) is 0.873. The van der Waals surface area contributed by atoms with Crippen LogP contribution in [0, 0.1) is 0 Å². The molecule has 2 heterocycles. The summed E-state index contributed by atoms with van der Waals surface area (Å²) < 4.78 is 43.5. The molecule has 1 N–H and O–H groups in total. The van der Waals surface area contributed by atoms with Crippen molar-refractivity contribution in [3.8, 4) is 17.0 Å². The molecule has 0 fully saturated rings. The zero-order chi connectivity index (χ0) is 14.3. The molecule has 0 spiro atoms. The summed E-state index contributed by atoms with van der Waals surface area (Å²) in [6, 6.07) is 5.95. The van der Waals surface area contributed by atoms with E-state index in [1.807, 2.05) is 6.07 Å². The van der Waals surface area contributed by atoms with E-state index in [0.717, 1.165) is 11.6 Å². The minimum Gasteiger partial charge on any atom is -0.492 e. The normalized spacial score (nSPS) is 13.9. The number of benzene rings is 1. The van der Waals surface area contributed by atoms with E-state index in [1.54, 1.807) is 17.1 Å². The average molecular weight is 282 g/mol. The van der Waals surface area contributed by atoms with Crippen molar-refractivity contribution in [3.05, 3.63) is 46.0 Å². The van der Waals surface area contributed by atoms with E-state index in [4.69, 9.17) is 4.74 Å². The lowest BCUT2D eigenvalue weighted by Crippen LogP contribution is -2.19. The molecule has 0 aliphatic carbocycles. The molecule has 0 saturated carbocycles. The third-order valence-electron chi connectivity index (χ3n) is 3.04. The van der Waals surface area contributed by atoms with Crippen LogP contribution in [-0.4, -0.2) is 16.6 Å². The first-order valence-corrected chi connectivity index (χ1v) is 5.89. The van der Waals surface area contributed by atoms with Gasteiger partial charge in [-0.15, -0.1) is 0 Å². The van der Waals surface area contributed by atoms with Crippen molar-refractivity contribution >= 4 is 0 Å². The van der Waals surface area contributed by atoms with Crippen molar-refractivity contribution in [1.82, 2.24) is 9.97 Å². The lowest BCUT2D eigenvalue weighted by atomic mass is 10.0. The van der Waals surface area contributed by atoms with Crippen molar-refractivity contribution < 1.29 is 17.9 Å². The fraction of sp³-hybridized carbons (Fsp3) is 0.231. The zero-order valence-corrected chi connectivity index (χ0v) is 10.1. The number of para-hydroxylation sites is 1. The second kappa shape index (κ2) is 4.36. The number of rotatable bonds is 1. The first kappa shape index (κ1) is 12.7. The minimum atomic E-state index is -4.63. The van der Waals surface area contributed by atoms with Crippen molar-refractivity contribution in [2.45, 2.75) is 12.6 Å². The number of nitrogens with zero attached hydrogens (tertiary/aromatic N) is 1. The number of H-pyrrole nitrogens is 1. The van der Waals surface area contributed by atoms with Gasteiger partial charge in [-0.25, -0.2) is 4.79 Å². The Morgan fingerprint density at radius 1 is 1.30 bits per heavy atom. The molecule has 104 valence electrons. The Morgan fingerprint density at radius 3 is 2.85 bits per heavy atom. The van der Waals surface area contributed by atoms with E-state index >= 15 is 0 Å². The molecule has 0 unspecified atom stereocenters. The molecule has 0 amide bonds. The Hall–Kier alpha value is -2.31. The highest BCUT2D eigenvalue weighted by Gasteiger charge is 2.33. The molecule has 1 aromatic carbocycles. The van der Waals surface area contributed by atoms with Gasteiger partial charge in [0.25, 0.3) is 0 Å². The molecule has 3 rings (SSSR count). The number of hydrogen-bond donors (Lipinski definition) is 1. The summed E-state index contributed by atoms with van der Waals surface area (Å²) in [6.07, 6.45) is -3.94. The fourth-order valence-electron chi connectivity index (χ4n) is 2.17. The predicted octanol–water partition coefficient (Wildman–Crippen LogP) is 2.39. The monoisotopic (exact) mass is 282 g/mol. The molecule has 0 atom stereocenters. The van der Waals surface area contributed by atoms with Crippen LogP contribution in [0.25, 0.3) is 11.3 Å². The highest BCUT2D eigenvalue weighted by molar-refractivity contribution is 5.70. The fourth-order valence-corrected chi connectivity index (χ4v) is 2.17. The maximum atomic E-state index is 12.7. The Balaban J connectivity index is 2.19. The summed E-state index contributed by atoms with van der Waals surface area (Å²) in [5, 5.41) is 0. The largest absolute Gasteiger partial charge is 0.492 e. The molecular formula is C13H9F3N2O2. The third kappa shape index (κ3) is 2.15. The number of hydrogen-bond acceptors (Lipinski definition) is 3.